The Morgan fingerprint density at radius 1 is 1.11 bits per heavy atom. The molecule has 178 valence electrons. The van der Waals surface area contributed by atoms with Gasteiger partial charge in [-0.25, -0.2) is 9.37 Å². The number of aryl methyl sites for hydroxylation is 2. The van der Waals surface area contributed by atoms with Crippen LogP contribution >= 0.6 is 0 Å². The van der Waals surface area contributed by atoms with Gasteiger partial charge in [-0.2, -0.15) is 5.10 Å². The zero-order valence-electron chi connectivity index (χ0n) is 20.0. The second-order valence-electron chi connectivity index (χ2n) is 9.45. The maximum Gasteiger partial charge on any atom is 0.187 e. The molecule has 4 aromatic heterocycles. The maximum atomic E-state index is 14.9. The highest BCUT2D eigenvalue weighted by Crippen LogP contribution is 2.30. The second-order valence-corrected chi connectivity index (χ2v) is 9.45. The summed E-state index contributed by atoms with van der Waals surface area (Å²) in [7, 11) is 1.81. The Labute approximate surface area is 202 Å². The third-order valence-electron chi connectivity index (χ3n) is 7.00. The van der Waals surface area contributed by atoms with E-state index in [1.807, 2.05) is 42.6 Å². The molecule has 0 unspecified atom stereocenters. The number of benzene rings is 1. The van der Waals surface area contributed by atoms with Gasteiger partial charge in [0.05, 0.1) is 16.9 Å². The van der Waals surface area contributed by atoms with E-state index in [0.29, 0.717) is 28.3 Å². The Balaban J connectivity index is 1.42. The number of pyridine rings is 2. The van der Waals surface area contributed by atoms with Gasteiger partial charge in [0, 0.05) is 49.4 Å². The number of hydrogen-bond acceptors (Lipinski definition) is 6. The molecule has 0 bridgehead atoms. The van der Waals surface area contributed by atoms with Gasteiger partial charge >= 0.3 is 0 Å². The average molecular weight is 471 g/mol. The molecular weight excluding hydrogens is 443 g/mol. The molecule has 1 aliphatic rings. The minimum absolute atomic E-state index is 0.235. The van der Waals surface area contributed by atoms with Gasteiger partial charge in [-0.15, -0.1) is 10.2 Å². The maximum absolute atomic E-state index is 14.9. The number of fused-ring (bicyclic) bond motifs is 2. The van der Waals surface area contributed by atoms with Crippen LogP contribution in [0.2, 0.25) is 0 Å². The number of nitrogens with zero attached hydrogens (tertiary/aromatic N) is 7. The number of likely N-dealkylation sites (tertiary alicyclic amines) is 1. The van der Waals surface area contributed by atoms with Crippen molar-refractivity contribution in [1.82, 2.24) is 34.3 Å². The van der Waals surface area contributed by atoms with Crippen molar-refractivity contribution < 1.29 is 4.39 Å². The number of aromatic nitrogens is 6. The van der Waals surface area contributed by atoms with E-state index in [4.69, 9.17) is 10.7 Å². The molecule has 1 fully saturated rings. The van der Waals surface area contributed by atoms with Crippen LogP contribution in [0.15, 0.2) is 48.7 Å². The lowest BCUT2D eigenvalue weighted by molar-refractivity contribution is 0.259. The lowest BCUT2D eigenvalue weighted by Crippen LogP contribution is -2.28. The van der Waals surface area contributed by atoms with Crippen LogP contribution in [-0.2, 0) is 7.05 Å². The molecule has 1 saturated heterocycles. The summed E-state index contributed by atoms with van der Waals surface area (Å²) >= 11 is 0. The Morgan fingerprint density at radius 2 is 1.97 bits per heavy atom. The lowest BCUT2D eigenvalue weighted by atomic mass is 10.1. The van der Waals surface area contributed by atoms with E-state index in [0.717, 1.165) is 36.2 Å². The van der Waals surface area contributed by atoms with E-state index in [1.54, 1.807) is 10.7 Å². The lowest BCUT2D eigenvalue weighted by Gasteiger charge is -2.24. The van der Waals surface area contributed by atoms with Gasteiger partial charge in [-0.05, 0) is 56.2 Å². The van der Waals surface area contributed by atoms with E-state index < -0.39 is 0 Å². The fourth-order valence-corrected chi connectivity index (χ4v) is 5.03. The molecule has 6 rings (SSSR count). The molecule has 9 heteroatoms. The van der Waals surface area contributed by atoms with Crippen LogP contribution in [0.3, 0.4) is 0 Å². The van der Waals surface area contributed by atoms with Gasteiger partial charge in [0.15, 0.2) is 11.5 Å². The van der Waals surface area contributed by atoms with Crippen LogP contribution in [0, 0.1) is 12.7 Å². The molecule has 0 radical (unpaired) electrons. The molecule has 8 nitrogen and oxygen atoms in total. The molecule has 0 saturated carbocycles. The van der Waals surface area contributed by atoms with E-state index >= 15 is 0 Å². The third-order valence-corrected chi connectivity index (χ3v) is 7.00. The molecule has 1 aliphatic heterocycles. The largest absolute Gasteiger partial charge is 0.326 e. The van der Waals surface area contributed by atoms with Crippen molar-refractivity contribution in [2.45, 2.75) is 32.4 Å². The monoisotopic (exact) mass is 470 g/mol. The molecular formula is C26H27FN8. The van der Waals surface area contributed by atoms with E-state index in [9.17, 15) is 4.39 Å². The van der Waals surface area contributed by atoms with Crippen LogP contribution < -0.4 is 5.73 Å². The van der Waals surface area contributed by atoms with Crippen molar-refractivity contribution in [3.05, 3.63) is 65.7 Å². The normalized spacial score (nSPS) is 17.6. The van der Waals surface area contributed by atoms with Crippen LogP contribution in [0.1, 0.15) is 30.6 Å². The van der Waals surface area contributed by atoms with E-state index in [-0.39, 0.29) is 17.9 Å². The first-order valence-electron chi connectivity index (χ1n) is 11.8. The summed E-state index contributed by atoms with van der Waals surface area (Å²) in [6.07, 6.45) is 3.10. The van der Waals surface area contributed by atoms with Crippen LogP contribution in [0.4, 0.5) is 4.39 Å². The first-order valence-corrected chi connectivity index (χ1v) is 11.8. The number of halogens is 1. The zero-order valence-corrected chi connectivity index (χ0v) is 20.0. The average Bonchev–Trinajstić information content (AvgIpc) is 3.55. The van der Waals surface area contributed by atoms with Crippen molar-refractivity contribution in [3.8, 4) is 22.8 Å². The van der Waals surface area contributed by atoms with Crippen molar-refractivity contribution in [3.63, 3.8) is 0 Å². The molecule has 0 aliphatic carbocycles. The molecule has 5 heterocycles. The summed E-state index contributed by atoms with van der Waals surface area (Å²) in [5.41, 5.74) is 11.4. The van der Waals surface area contributed by atoms with Crippen LogP contribution in [-0.4, -0.2) is 53.4 Å². The Morgan fingerprint density at radius 3 is 2.71 bits per heavy atom. The number of rotatable bonds is 4. The van der Waals surface area contributed by atoms with E-state index in [1.165, 1.54) is 11.6 Å². The SMILES string of the molecule is Cc1cc(-c2cc3nc(-c4nnc5ccc([C@H](C)N6CC[C@H](N)C6)cn45)ccc3cc2F)n(C)n1. The van der Waals surface area contributed by atoms with Gasteiger partial charge in [0.25, 0.3) is 0 Å². The topological polar surface area (TPSA) is 90.2 Å². The molecule has 2 atom stereocenters. The van der Waals surface area contributed by atoms with Gasteiger partial charge in [-0.3, -0.25) is 14.0 Å². The van der Waals surface area contributed by atoms with Crippen LogP contribution in [0.25, 0.3) is 39.3 Å². The van der Waals surface area contributed by atoms with Gasteiger partial charge < -0.3 is 5.73 Å². The predicted octanol–water partition coefficient (Wildman–Crippen LogP) is 3.89. The minimum atomic E-state index is -0.303. The molecule has 35 heavy (non-hydrogen) atoms. The molecule has 2 N–H and O–H groups in total. The summed E-state index contributed by atoms with van der Waals surface area (Å²) in [5, 5.41) is 13.9. The number of nitrogens with two attached hydrogens (primary N) is 1. The molecule has 1 aromatic carbocycles. The van der Waals surface area contributed by atoms with Crippen molar-refractivity contribution in [1.29, 1.82) is 0 Å². The Kier molecular flexibility index (Phi) is 5.12. The highest BCUT2D eigenvalue weighted by Gasteiger charge is 2.25. The fourth-order valence-electron chi connectivity index (χ4n) is 5.03. The van der Waals surface area contributed by atoms with E-state index in [2.05, 4.69) is 39.4 Å². The van der Waals surface area contributed by atoms with Crippen molar-refractivity contribution in [2.75, 3.05) is 13.1 Å². The highest BCUT2D eigenvalue weighted by atomic mass is 19.1. The molecule has 0 amide bonds. The quantitative estimate of drug-likeness (QED) is 0.429. The van der Waals surface area contributed by atoms with Gasteiger partial charge in [-0.1, -0.05) is 12.1 Å². The standard InChI is InChI=1S/C26H27FN8/c1-15-10-24(33(3)32-15)20-12-23-17(11-21(20)27)4-6-22(29-23)26-31-30-25-7-5-18(13-35(25)26)16(2)34-9-8-19(28)14-34/h4-7,10-13,16,19H,8-9,14,28H2,1-3H3/t16-,19-/m0/s1. The summed E-state index contributed by atoms with van der Waals surface area (Å²) in [4.78, 5) is 7.25. The third kappa shape index (κ3) is 3.77. The molecule has 0 spiro atoms. The zero-order chi connectivity index (χ0) is 24.3. The summed E-state index contributed by atoms with van der Waals surface area (Å²) in [6, 6.07) is 13.5. The van der Waals surface area contributed by atoms with Gasteiger partial charge in [0.2, 0.25) is 0 Å². The number of hydrogen-bond donors (Lipinski definition) is 1. The Hall–Kier alpha value is -3.69. The van der Waals surface area contributed by atoms with Crippen molar-refractivity contribution >= 4 is 16.6 Å². The Bertz CT molecular complexity index is 1570. The fraction of sp³-hybridized carbons (Fsp3) is 0.308. The van der Waals surface area contributed by atoms with Crippen molar-refractivity contribution in [2.24, 2.45) is 12.8 Å². The summed E-state index contributed by atoms with van der Waals surface area (Å²) in [5.74, 6) is 0.347. The smallest absolute Gasteiger partial charge is 0.187 e. The highest BCUT2D eigenvalue weighted by molar-refractivity contribution is 5.85. The summed E-state index contributed by atoms with van der Waals surface area (Å²) < 4.78 is 18.6. The first kappa shape index (κ1) is 21.8. The summed E-state index contributed by atoms with van der Waals surface area (Å²) in [6.45, 7) is 5.99. The van der Waals surface area contributed by atoms with Gasteiger partial charge in [0.1, 0.15) is 11.5 Å². The molecule has 5 aromatic rings. The second kappa shape index (κ2) is 8.21. The predicted molar refractivity (Wildman–Crippen MR) is 133 cm³/mol. The first-order chi connectivity index (χ1) is 16.9. The van der Waals surface area contributed by atoms with Crippen LogP contribution in [0.5, 0.6) is 0 Å². The minimum Gasteiger partial charge on any atom is -0.326 e.